The maximum Gasteiger partial charge on any atom is 0.513 e. The lowest BCUT2D eigenvalue weighted by Crippen LogP contribution is -2.35. The molecule has 0 fully saturated rings. The standard InChI is InChI=1S/C8H8BBrF3O/c1-14-8-3-2-6(5-10)4-7(8)9(11,12)13/h2-4H,5H2,1H3/q-1. The van der Waals surface area contributed by atoms with Crippen molar-refractivity contribution in [2.45, 2.75) is 5.33 Å². The van der Waals surface area contributed by atoms with Crippen LogP contribution in [0, 0.1) is 0 Å². The molecule has 0 amide bonds. The quantitative estimate of drug-likeness (QED) is 0.604. The smallest absolute Gasteiger partial charge is 0.500 e. The van der Waals surface area contributed by atoms with Crippen molar-refractivity contribution in [2.24, 2.45) is 0 Å². The summed E-state index contributed by atoms with van der Waals surface area (Å²) in [5.74, 6) is -0.123. The van der Waals surface area contributed by atoms with E-state index in [1.165, 1.54) is 13.2 Å². The molecule has 0 aliphatic heterocycles. The summed E-state index contributed by atoms with van der Waals surface area (Å²) < 4.78 is 42.2. The molecule has 0 atom stereocenters. The molecule has 0 N–H and O–H groups in total. The fraction of sp³-hybridized carbons (Fsp3) is 0.250. The first-order valence-electron chi connectivity index (χ1n) is 3.91. The van der Waals surface area contributed by atoms with Crippen molar-refractivity contribution >= 4 is 28.4 Å². The molecule has 1 aromatic carbocycles. The molecule has 0 radical (unpaired) electrons. The lowest BCUT2D eigenvalue weighted by Gasteiger charge is -2.19. The van der Waals surface area contributed by atoms with E-state index in [4.69, 9.17) is 0 Å². The molecule has 14 heavy (non-hydrogen) atoms. The van der Waals surface area contributed by atoms with E-state index in [-0.39, 0.29) is 5.75 Å². The molecule has 0 aliphatic rings. The highest BCUT2D eigenvalue weighted by Crippen LogP contribution is 2.19. The third kappa shape index (κ3) is 2.44. The molecular weight excluding hydrogens is 260 g/mol. The third-order valence-corrected chi connectivity index (χ3v) is 2.45. The second kappa shape index (κ2) is 4.25. The molecule has 1 rings (SSSR count). The van der Waals surface area contributed by atoms with Crippen LogP contribution in [0.15, 0.2) is 18.2 Å². The maximum absolute atomic E-state index is 12.5. The van der Waals surface area contributed by atoms with Gasteiger partial charge in [-0.3, -0.25) is 0 Å². The molecule has 0 saturated carbocycles. The summed E-state index contributed by atoms with van der Waals surface area (Å²) in [6.45, 7) is -5.01. The van der Waals surface area contributed by atoms with Crippen LogP contribution in [0.3, 0.4) is 0 Å². The van der Waals surface area contributed by atoms with Gasteiger partial charge in [-0.1, -0.05) is 33.5 Å². The zero-order valence-corrected chi connectivity index (χ0v) is 9.02. The highest BCUT2D eigenvalue weighted by molar-refractivity contribution is 9.08. The molecule has 1 nitrogen and oxygen atoms in total. The van der Waals surface area contributed by atoms with Crippen molar-refractivity contribution in [3.05, 3.63) is 23.8 Å². The highest BCUT2D eigenvalue weighted by atomic mass is 79.9. The summed E-state index contributed by atoms with van der Waals surface area (Å²) in [6.07, 6.45) is 0. The number of hydrogen-bond donors (Lipinski definition) is 0. The Bertz CT molecular complexity index is 327. The van der Waals surface area contributed by atoms with Gasteiger partial charge in [0.2, 0.25) is 0 Å². The lowest BCUT2D eigenvalue weighted by molar-refractivity contribution is 0.412. The van der Waals surface area contributed by atoms with Gasteiger partial charge in [-0.2, -0.15) is 0 Å². The minimum Gasteiger partial charge on any atom is -0.500 e. The third-order valence-electron chi connectivity index (χ3n) is 1.80. The minimum atomic E-state index is -5.01. The maximum atomic E-state index is 12.5. The van der Waals surface area contributed by atoms with Gasteiger partial charge in [-0.15, -0.1) is 0 Å². The first kappa shape index (κ1) is 11.4. The van der Waals surface area contributed by atoms with Crippen LogP contribution < -0.4 is 10.2 Å². The molecular formula is C8H8BBrF3O-. The van der Waals surface area contributed by atoms with Crippen molar-refractivity contribution in [1.29, 1.82) is 0 Å². The van der Waals surface area contributed by atoms with Crippen LogP contribution in [0.2, 0.25) is 0 Å². The van der Waals surface area contributed by atoms with Crippen LogP contribution in [0.5, 0.6) is 5.75 Å². The number of halogens is 4. The summed E-state index contributed by atoms with van der Waals surface area (Å²) in [5.41, 5.74) is -0.0931. The van der Waals surface area contributed by atoms with Gasteiger partial charge in [-0.05, 0) is 11.6 Å². The zero-order valence-electron chi connectivity index (χ0n) is 7.44. The summed E-state index contributed by atoms with van der Waals surface area (Å²) in [4.78, 5) is 0. The average Bonchev–Trinajstić information content (AvgIpc) is 2.15. The van der Waals surface area contributed by atoms with Gasteiger partial charge >= 0.3 is 6.98 Å². The predicted molar refractivity (Wildman–Crippen MR) is 54.3 cm³/mol. The van der Waals surface area contributed by atoms with Gasteiger partial charge in [0.1, 0.15) is 0 Å². The van der Waals surface area contributed by atoms with E-state index in [0.29, 0.717) is 10.9 Å². The van der Waals surface area contributed by atoms with Crippen molar-refractivity contribution < 1.29 is 17.7 Å². The Morgan fingerprint density at radius 1 is 1.36 bits per heavy atom. The minimum absolute atomic E-state index is 0.123. The van der Waals surface area contributed by atoms with Crippen LogP contribution in [-0.4, -0.2) is 14.1 Å². The second-order valence-corrected chi connectivity index (χ2v) is 3.35. The number of rotatable bonds is 3. The molecule has 0 aliphatic carbocycles. The molecule has 0 spiro atoms. The van der Waals surface area contributed by atoms with Crippen molar-refractivity contribution in [3.63, 3.8) is 0 Å². The first-order valence-corrected chi connectivity index (χ1v) is 5.04. The van der Waals surface area contributed by atoms with Gasteiger partial charge in [0, 0.05) is 5.33 Å². The predicted octanol–water partition coefficient (Wildman–Crippen LogP) is 2.64. The van der Waals surface area contributed by atoms with Gasteiger partial charge in [0.05, 0.1) is 12.9 Å². The van der Waals surface area contributed by atoms with Crippen LogP contribution >= 0.6 is 15.9 Å². The van der Waals surface area contributed by atoms with E-state index in [1.54, 1.807) is 6.07 Å². The second-order valence-electron chi connectivity index (χ2n) is 2.78. The van der Waals surface area contributed by atoms with E-state index >= 15 is 0 Å². The topological polar surface area (TPSA) is 9.23 Å². The fourth-order valence-corrected chi connectivity index (χ4v) is 1.47. The van der Waals surface area contributed by atoms with Crippen LogP contribution in [-0.2, 0) is 5.33 Å². The SMILES string of the molecule is COc1ccc(CBr)cc1[B-](F)(F)F. The van der Waals surface area contributed by atoms with E-state index < -0.39 is 12.4 Å². The number of benzene rings is 1. The molecule has 0 saturated heterocycles. The van der Waals surface area contributed by atoms with Crippen LogP contribution in [0.1, 0.15) is 5.56 Å². The Kier molecular flexibility index (Phi) is 3.47. The Labute approximate surface area is 88.4 Å². The van der Waals surface area contributed by atoms with Crippen molar-refractivity contribution in [2.75, 3.05) is 7.11 Å². The molecule has 0 heterocycles. The Morgan fingerprint density at radius 3 is 2.43 bits per heavy atom. The largest absolute Gasteiger partial charge is 0.513 e. The van der Waals surface area contributed by atoms with Crippen LogP contribution in [0.4, 0.5) is 12.9 Å². The molecule has 6 heteroatoms. The summed E-state index contributed by atoms with van der Waals surface area (Å²) >= 11 is 3.10. The van der Waals surface area contributed by atoms with Gasteiger partial charge in [0.25, 0.3) is 0 Å². The van der Waals surface area contributed by atoms with E-state index in [0.717, 1.165) is 6.07 Å². The Hall–Kier alpha value is -0.645. The lowest BCUT2D eigenvalue weighted by atomic mass is 9.78. The Morgan fingerprint density at radius 2 is 2.00 bits per heavy atom. The molecule has 0 unspecified atom stereocenters. The molecule has 1 aromatic rings. The molecule has 0 aromatic heterocycles. The van der Waals surface area contributed by atoms with Crippen molar-refractivity contribution in [1.82, 2.24) is 0 Å². The van der Waals surface area contributed by atoms with Crippen LogP contribution in [0.25, 0.3) is 0 Å². The van der Waals surface area contributed by atoms with E-state index in [1.807, 2.05) is 0 Å². The average molecular weight is 268 g/mol. The normalized spacial score (nSPS) is 11.5. The fourth-order valence-electron chi connectivity index (χ4n) is 1.12. The number of hydrogen-bond acceptors (Lipinski definition) is 1. The van der Waals surface area contributed by atoms with E-state index in [9.17, 15) is 12.9 Å². The summed E-state index contributed by atoms with van der Waals surface area (Å²) in [5, 5.41) is 0.399. The number of ether oxygens (including phenoxy) is 1. The summed E-state index contributed by atoms with van der Waals surface area (Å²) in [7, 11) is 1.23. The molecule has 78 valence electrons. The van der Waals surface area contributed by atoms with Gasteiger partial charge in [-0.25, -0.2) is 0 Å². The number of alkyl halides is 1. The van der Waals surface area contributed by atoms with Gasteiger partial charge < -0.3 is 17.7 Å². The Balaban J connectivity index is 3.22. The van der Waals surface area contributed by atoms with E-state index in [2.05, 4.69) is 20.7 Å². The number of methoxy groups -OCH3 is 1. The highest BCUT2D eigenvalue weighted by Gasteiger charge is 2.29. The monoisotopic (exact) mass is 267 g/mol. The first-order chi connectivity index (χ1) is 6.49. The summed E-state index contributed by atoms with van der Waals surface area (Å²) in [6, 6.07) is 4.04. The van der Waals surface area contributed by atoms with Gasteiger partial charge in [0.15, 0.2) is 0 Å². The zero-order chi connectivity index (χ0) is 10.8. The van der Waals surface area contributed by atoms with Crippen molar-refractivity contribution in [3.8, 4) is 5.75 Å². The molecule has 0 bridgehead atoms.